The molecule has 7 aromatic carbocycles. The van der Waals surface area contributed by atoms with E-state index in [2.05, 4.69) is 184 Å². The van der Waals surface area contributed by atoms with E-state index in [0.29, 0.717) is 0 Å². The Morgan fingerprint density at radius 2 is 1.27 bits per heavy atom. The van der Waals surface area contributed by atoms with Crippen molar-refractivity contribution in [1.29, 1.82) is 0 Å². The molecular formula is C48H34N4. The average molecular weight is 667 g/mol. The van der Waals surface area contributed by atoms with Gasteiger partial charge in [-0.25, -0.2) is 0 Å². The van der Waals surface area contributed by atoms with E-state index in [1.807, 2.05) is 0 Å². The molecule has 1 atom stereocenters. The van der Waals surface area contributed by atoms with E-state index < -0.39 is 0 Å². The molecule has 1 N–H and O–H groups in total. The normalized spacial score (nSPS) is 15.8. The number of hydrogen-bond donors (Lipinski definition) is 1. The lowest BCUT2D eigenvalue weighted by Gasteiger charge is -2.29. The van der Waals surface area contributed by atoms with Gasteiger partial charge >= 0.3 is 0 Å². The molecule has 11 rings (SSSR count). The monoisotopic (exact) mass is 666 g/mol. The molecule has 3 heterocycles. The average Bonchev–Trinajstić information content (AvgIpc) is 3.72. The SMILES string of the molecule is C1=CC2=NC(c3cccc(-n4c5ccccc5c5cc6c7ccc8ccccc8c7n(-c7ccccc7)c6cc54)c3)NC(c3ccccc3)=C2CC1. The Labute approximate surface area is 301 Å². The Morgan fingerprint density at radius 3 is 2.15 bits per heavy atom. The highest BCUT2D eigenvalue weighted by molar-refractivity contribution is 6.23. The lowest BCUT2D eigenvalue weighted by Crippen LogP contribution is -2.28. The Balaban J connectivity index is 1.15. The predicted octanol–water partition coefficient (Wildman–Crippen LogP) is 11.8. The van der Waals surface area contributed by atoms with Crippen molar-refractivity contribution in [1.82, 2.24) is 14.5 Å². The van der Waals surface area contributed by atoms with Crippen LogP contribution in [0.25, 0.3) is 71.5 Å². The first kappa shape index (κ1) is 29.1. The summed E-state index contributed by atoms with van der Waals surface area (Å²) in [6.45, 7) is 0. The van der Waals surface area contributed by atoms with E-state index in [1.165, 1.54) is 71.2 Å². The number of fused-ring (bicyclic) bond motifs is 9. The summed E-state index contributed by atoms with van der Waals surface area (Å²) < 4.78 is 4.90. The summed E-state index contributed by atoms with van der Waals surface area (Å²) in [6, 6.07) is 57.4. The summed E-state index contributed by atoms with van der Waals surface area (Å²) in [4.78, 5) is 5.28. The summed E-state index contributed by atoms with van der Waals surface area (Å²) in [5.74, 6) is 0. The molecule has 1 aliphatic heterocycles. The number of benzene rings is 7. The standard InChI is InChI=1S/C48H34N4/c1-3-15-32(16-4-1)46-39-23-9-11-24-42(39)49-48(50-46)33-17-13-20-35(28-33)51-43-25-12-10-22-37(43)40-29-41-38-27-26-31-14-7-8-21-36(31)47(38)52(45(41)30-44(40)51)34-18-5-2-6-19-34/h1-8,10-22,24-30,48,50H,9,23H2. The summed E-state index contributed by atoms with van der Waals surface area (Å²) in [7, 11) is 0. The molecule has 0 amide bonds. The Bertz CT molecular complexity index is 2980. The number of hydrogen-bond acceptors (Lipinski definition) is 2. The highest BCUT2D eigenvalue weighted by Crippen LogP contribution is 2.42. The predicted molar refractivity (Wildman–Crippen MR) is 218 cm³/mol. The van der Waals surface area contributed by atoms with Gasteiger partial charge in [0.1, 0.15) is 6.17 Å². The number of aromatic nitrogens is 2. The van der Waals surface area contributed by atoms with Crippen molar-refractivity contribution in [2.45, 2.75) is 19.0 Å². The third-order valence-electron chi connectivity index (χ3n) is 11.0. The van der Waals surface area contributed by atoms with E-state index >= 15 is 0 Å². The molecule has 52 heavy (non-hydrogen) atoms. The molecule has 2 aromatic heterocycles. The second-order valence-electron chi connectivity index (χ2n) is 13.9. The third-order valence-corrected chi connectivity index (χ3v) is 11.0. The van der Waals surface area contributed by atoms with Crippen molar-refractivity contribution in [3.63, 3.8) is 0 Å². The van der Waals surface area contributed by atoms with Crippen molar-refractivity contribution in [3.8, 4) is 11.4 Å². The molecule has 0 radical (unpaired) electrons. The van der Waals surface area contributed by atoms with Crippen LogP contribution in [0.3, 0.4) is 0 Å². The fourth-order valence-corrected chi connectivity index (χ4v) is 8.64. The van der Waals surface area contributed by atoms with Crippen LogP contribution in [0.2, 0.25) is 0 Å². The van der Waals surface area contributed by atoms with E-state index in [0.717, 1.165) is 35.5 Å². The van der Waals surface area contributed by atoms with E-state index in [9.17, 15) is 0 Å². The van der Waals surface area contributed by atoms with Crippen molar-refractivity contribution in [2.75, 3.05) is 0 Å². The minimum Gasteiger partial charge on any atom is -0.359 e. The number of nitrogens with zero attached hydrogens (tertiary/aromatic N) is 3. The Hall–Kier alpha value is -6.65. The van der Waals surface area contributed by atoms with Crippen LogP contribution < -0.4 is 5.32 Å². The van der Waals surface area contributed by atoms with Gasteiger partial charge in [-0.1, -0.05) is 121 Å². The first-order chi connectivity index (χ1) is 25.8. The summed E-state index contributed by atoms with van der Waals surface area (Å²) in [6.07, 6.45) is 6.27. The minimum atomic E-state index is -0.203. The van der Waals surface area contributed by atoms with Gasteiger partial charge in [-0.05, 0) is 77.9 Å². The van der Waals surface area contributed by atoms with Gasteiger partial charge in [0.2, 0.25) is 0 Å². The maximum Gasteiger partial charge on any atom is 0.145 e. The number of rotatable bonds is 4. The fourth-order valence-electron chi connectivity index (χ4n) is 8.64. The zero-order valence-corrected chi connectivity index (χ0v) is 28.5. The van der Waals surface area contributed by atoms with Crippen LogP contribution >= 0.6 is 0 Å². The third kappa shape index (κ3) is 4.37. The highest BCUT2D eigenvalue weighted by atomic mass is 15.1. The van der Waals surface area contributed by atoms with Gasteiger partial charge in [-0.15, -0.1) is 0 Å². The van der Waals surface area contributed by atoms with Crippen LogP contribution in [0.4, 0.5) is 0 Å². The van der Waals surface area contributed by atoms with Crippen molar-refractivity contribution < 1.29 is 0 Å². The minimum absolute atomic E-state index is 0.203. The van der Waals surface area contributed by atoms with E-state index in [4.69, 9.17) is 4.99 Å². The smallest absolute Gasteiger partial charge is 0.145 e. The molecule has 4 nitrogen and oxygen atoms in total. The number of allylic oxidation sites excluding steroid dienone is 3. The molecule has 0 bridgehead atoms. The summed E-state index contributed by atoms with van der Waals surface area (Å²) >= 11 is 0. The van der Waals surface area contributed by atoms with Gasteiger partial charge in [0.05, 0.1) is 27.8 Å². The van der Waals surface area contributed by atoms with Crippen LogP contribution in [0.1, 0.15) is 30.1 Å². The van der Waals surface area contributed by atoms with Crippen LogP contribution in [0.5, 0.6) is 0 Å². The summed E-state index contributed by atoms with van der Waals surface area (Å²) in [5, 5.41) is 11.4. The molecule has 0 spiro atoms. The quantitative estimate of drug-likeness (QED) is 0.199. The van der Waals surface area contributed by atoms with Crippen LogP contribution in [0.15, 0.2) is 180 Å². The number of nitrogens with one attached hydrogen (secondary N) is 1. The molecule has 0 fully saturated rings. The largest absolute Gasteiger partial charge is 0.359 e. The first-order valence-corrected chi connectivity index (χ1v) is 18.1. The first-order valence-electron chi connectivity index (χ1n) is 18.1. The Kier molecular flexibility index (Phi) is 6.41. The van der Waals surface area contributed by atoms with Crippen LogP contribution in [0, 0.1) is 0 Å². The zero-order valence-electron chi connectivity index (χ0n) is 28.5. The van der Waals surface area contributed by atoms with Gasteiger partial charge in [0.15, 0.2) is 0 Å². The van der Waals surface area contributed by atoms with Crippen molar-refractivity contribution in [3.05, 3.63) is 187 Å². The van der Waals surface area contributed by atoms with Crippen LogP contribution in [-0.2, 0) is 0 Å². The van der Waals surface area contributed by atoms with Gasteiger partial charge in [0.25, 0.3) is 0 Å². The fraction of sp³-hybridized carbons (Fsp3) is 0.0625. The molecule has 4 heteroatoms. The molecule has 1 aliphatic carbocycles. The molecule has 1 unspecified atom stereocenters. The lowest BCUT2D eigenvalue weighted by molar-refractivity contribution is 0.655. The second-order valence-corrected chi connectivity index (χ2v) is 13.9. The molecular weight excluding hydrogens is 633 g/mol. The van der Waals surface area contributed by atoms with E-state index in [1.54, 1.807) is 0 Å². The molecule has 246 valence electrons. The maximum absolute atomic E-state index is 5.28. The zero-order chi connectivity index (χ0) is 34.2. The van der Waals surface area contributed by atoms with Crippen LogP contribution in [-0.4, -0.2) is 14.8 Å². The van der Waals surface area contributed by atoms with Crippen molar-refractivity contribution in [2.24, 2.45) is 4.99 Å². The van der Waals surface area contributed by atoms with E-state index in [-0.39, 0.29) is 6.17 Å². The topological polar surface area (TPSA) is 34.2 Å². The second kappa shape index (κ2) is 11.4. The molecule has 9 aromatic rings. The van der Waals surface area contributed by atoms with Gasteiger partial charge in [0, 0.05) is 49.6 Å². The maximum atomic E-state index is 5.28. The summed E-state index contributed by atoms with van der Waals surface area (Å²) in [5.41, 5.74) is 13.0. The number of para-hydroxylation sites is 2. The molecule has 2 aliphatic rings. The Morgan fingerprint density at radius 1 is 0.538 bits per heavy atom. The van der Waals surface area contributed by atoms with Crippen molar-refractivity contribution >= 4 is 65.8 Å². The van der Waals surface area contributed by atoms with Gasteiger partial charge in [-0.3, -0.25) is 4.99 Å². The lowest BCUT2D eigenvalue weighted by atomic mass is 9.91. The van der Waals surface area contributed by atoms with Gasteiger partial charge < -0.3 is 14.5 Å². The molecule has 0 saturated heterocycles. The number of aliphatic imine (C=N–C) groups is 1. The highest BCUT2D eigenvalue weighted by Gasteiger charge is 2.26. The molecule has 0 saturated carbocycles. The van der Waals surface area contributed by atoms with Gasteiger partial charge in [-0.2, -0.15) is 0 Å².